The summed E-state index contributed by atoms with van der Waals surface area (Å²) in [7, 11) is 4.04. The monoisotopic (exact) mass is 285 g/mol. The number of amides is 2. The topological polar surface area (TPSA) is 72.9 Å². The number of carbonyl (C=O) groups is 2. The predicted octanol–water partition coefficient (Wildman–Crippen LogP) is 1.37. The zero-order valence-electron chi connectivity index (χ0n) is 13.2. The van der Waals surface area contributed by atoms with E-state index in [2.05, 4.69) is 10.2 Å². The Labute approximate surface area is 121 Å². The number of hydrogen-bond donors (Lipinski definition) is 2. The van der Waals surface area contributed by atoms with Crippen LogP contribution in [0, 0.1) is 0 Å². The molecule has 1 fully saturated rings. The zero-order chi connectivity index (χ0) is 15.6. The van der Waals surface area contributed by atoms with E-state index in [1.807, 2.05) is 14.1 Å². The van der Waals surface area contributed by atoms with E-state index in [1.54, 1.807) is 20.8 Å². The van der Waals surface area contributed by atoms with Crippen LogP contribution in [-0.2, 0) is 4.79 Å². The summed E-state index contributed by atoms with van der Waals surface area (Å²) in [6, 6.07) is -0.312. The molecule has 0 atom stereocenters. The first kappa shape index (κ1) is 16.8. The average molecular weight is 285 g/mol. The van der Waals surface area contributed by atoms with Crippen LogP contribution in [0.15, 0.2) is 0 Å². The third kappa shape index (κ3) is 3.06. The van der Waals surface area contributed by atoms with Gasteiger partial charge in [0.1, 0.15) is 5.54 Å². The molecule has 0 aromatic rings. The molecule has 0 aromatic heterocycles. The number of hydrogen-bond acceptors (Lipinski definition) is 3. The molecule has 2 N–H and O–H groups in total. The number of aliphatic carboxylic acids is 1. The van der Waals surface area contributed by atoms with E-state index in [4.69, 9.17) is 0 Å². The number of likely N-dealkylation sites (N-methyl/N-ethyl adjacent to an activating group) is 2. The minimum absolute atomic E-state index is 0.0302. The molecule has 0 unspecified atom stereocenters. The molecule has 0 saturated heterocycles. The highest BCUT2D eigenvalue weighted by Crippen LogP contribution is 2.35. The Morgan fingerprint density at radius 2 is 1.85 bits per heavy atom. The van der Waals surface area contributed by atoms with Crippen molar-refractivity contribution in [1.82, 2.24) is 15.1 Å². The van der Waals surface area contributed by atoms with Gasteiger partial charge in [0, 0.05) is 18.6 Å². The van der Waals surface area contributed by atoms with Crippen molar-refractivity contribution in [2.24, 2.45) is 0 Å². The summed E-state index contributed by atoms with van der Waals surface area (Å²) in [5, 5.41) is 12.1. The van der Waals surface area contributed by atoms with E-state index < -0.39 is 11.5 Å². The lowest BCUT2D eigenvalue weighted by molar-refractivity contribution is -0.147. The number of carboxylic acid groups (broad SMARTS) is 1. The molecule has 0 bridgehead atoms. The van der Waals surface area contributed by atoms with Crippen molar-refractivity contribution in [3.63, 3.8) is 0 Å². The number of nitrogens with zero attached hydrogens (tertiary/aromatic N) is 2. The van der Waals surface area contributed by atoms with Gasteiger partial charge in [0.15, 0.2) is 0 Å². The lowest BCUT2D eigenvalue weighted by Gasteiger charge is -2.48. The first-order chi connectivity index (χ1) is 9.17. The van der Waals surface area contributed by atoms with Gasteiger partial charge in [0.05, 0.1) is 0 Å². The molecule has 0 aliphatic heterocycles. The summed E-state index contributed by atoms with van der Waals surface area (Å²) >= 11 is 0. The molecule has 6 nitrogen and oxygen atoms in total. The van der Waals surface area contributed by atoms with Gasteiger partial charge >= 0.3 is 12.0 Å². The summed E-state index contributed by atoms with van der Waals surface area (Å²) < 4.78 is 0. The van der Waals surface area contributed by atoms with Crippen LogP contribution in [-0.4, -0.2) is 65.2 Å². The fraction of sp³-hybridized carbons (Fsp3) is 0.857. The first-order valence-electron chi connectivity index (χ1n) is 7.13. The third-order valence-corrected chi connectivity index (χ3v) is 4.56. The molecule has 0 heterocycles. The van der Waals surface area contributed by atoms with E-state index >= 15 is 0 Å². The number of urea groups is 1. The largest absolute Gasteiger partial charge is 0.480 e. The fourth-order valence-electron chi connectivity index (χ4n) is 2.61. The molecule has 0 spiro atoms. The molecular formula is C14H27N3O3. The molecule has 1 aliphatic rings. The van der Waals surface area contributed by atoms with Crippen LogP contribution in [0.2, 0.25) is 0 Å². The number of nitrogens with one attached hydrogen (secondary N) is 1. The van der Waals surface area contributed by atoms with Crippen LogP contribution < -0.4 is 5.32 Å². The number of carbonyl (C=O) groups excluding carboxylic acids is 1. The van der Waals surface area contributed by atoms with Crippen LogP contribution in [0.5, 0.6) is 0 Å². The van der Waals surface area contributed by atoms with E-state index in [-0.39, 0.29) is 11.6 Å². The third-order valence-electron chi connectivity index (χ3n) is 4.56. The van der Waals surface area contributed by atoms with E-state index in [1.165, 1.54) is 11.3 Å². The Kier molecular flexibility index (Phi) is 5.02. The summed E-state index contributed by atoms with van der Waals surface area (Å²) in [4.78, 5) is 27.0. The number of carboxylic acids is 1. The van der Waals surface area contributed by atoms with Crippen LogP contribution in [0.1, 0.15) is 40.0 Å². The van der Waals surface area contributed by atoms with Crippen LogP contribution in [0.3, 0.4) is 0 Å². The second kappa shape index (κ2) is 5.99. The van der Waals surface area contributed by atoms with Crippen molar-refractivity contribution in [3.8, 4) is 0 Å². The zero-order valence-corrected chi connectivity index (χ0v) is 13.2. The molecule has 20 heavy (non-hydrogen) atoms. The molecule has 1 rings (SSSR count). The second-order valence-corrected chi connectivity index (χ2v) is 6.24. The Bertz CT molecular complexity index is 376. The first-order valence-corrected chi connectivity index (χ1v) is 7.13. The Morgan fingerprint density at radius 3 is 2.15 bits per heavy atom. The maximum atomic E-state index is 12.3. The van der Waals surface area contributed by atoms with Gasteiger partial charge in [-0.3, -0.25) is 0 Å². The Balaban J connectivity index is 2.67. The quantitative estimate of drug-likeness (QED) is 0.773. The average Bonchev–Trinajstić information content (AvgIpc) is 2.27. The molecule has 116 valence electrons. The lowest BCUT2D eigenvalue weighted by atomic mass is 9.75. The van der Waals surface area contributed by atoms with E-state index in [0.29, 0.717) is 13.1 Å². The molecule has 6 heteroatoms. The minimum Gasteiger partial charge on any atom is -0.480 e. The maximum absolute atomic E-state index is 12.3. The Morgan fingerprint density at radius 1 is 1.30 bits per heavy atom. The van der Waals surface area contributed by atoms with Crippen LogP contribution >= 0.6 is 0 Å². The summed E-state index contributed by atoms with van der Waals surface area (Å²) in [6.07, 6.45) is 3.30. The van der Waals surface area contributed by atoms with Gasteiger partial charge in [-0.1, -0.05) is 0 Å². The highest BCUT2D eigenvalue weighted by molar-refractivity contribution is 5.85. The second-order valence-electron chi connectivity index (χ2n) is 6.24. The molecule has 0 aromatic carbocycles. The molecule has 1 aliphatic carbocycles. The van der Waals surface area contributed by atoms with Crippen molar-refractivity contribution < 1.29 is 14.7 Å². The van der Waals surface area contributed by atoms with Gasteiger partial charge in [-0.05, 0) is 54.1 Å². The van der Waals surface area contributed by atoms with Gasteiger partial charge in [-0.2, -0.15) is 0 Å². The van der Waals surface area contributed by atoms with Crippen molar-refractivity contribution in [3.05, 3.63) is 0 Å². The highest BCUT2D eigenvalue weighted by Gasteiger charge is 2.41. The van der Waals surface area contributed by atoms with Crippen molar-refractivity contribution >= 4 is 12.0 Å². The van der Waals surface area contributed by atoms with Gasteiger partial charge in [-0.15, -0.1) is 0 Å². The van der Waals surface area contributed by atoms with Crippen molar-refractivity contribution in [2.75, 3.05) is 27.2 Å². The van der Waals surface area contributed by atoms with Gasteiger partial charge in [-0.25, -0.2) is 9.59 Å². The molecule has 2 amide bonds. The summed E-state index contributed by atoms with van der Waals surface area (Å²) in [5.74, 6) is -1.000. The van der Waals surface area contributed by atoms with Gasteiger partial charge < -0.3 is 20.2 Å². The number of rotatable bonds is 6. The van der Waals surface area contributed by atoms with Crippen LogP contribution in [0.4, 0.5) is 4.79 Å². The van der Waals surface area contributed by atoms with Gasteiger partial charge in [0.25, 0.3) is 0 Å². The van der Waals surface area contributed by atoms with Crippen molar-refractivity contribution in [1.29, 1.82) is 0 Å². The smallest absolute Gasteiger partial charge is 0.329 e. The normalized spacial score (nSPS) is 17.5. The standard InChI is InChI=1S/C14H27N3O3/c1-6-17(13(2,3)11(18)19)12(20)15-10-14(16(4)5)8-7-9-14/h6-10H2,1-5H3,(H,15,20)(H,18,19). The lowest BCUT2D eigenvalue weighted by Crippen LogP contribution is -2.61. The maximum Gasteiger partial charge on any atom is 0.329 e. The predicted molar refractivity (Wildman–Crippen MR) is 77.8 cm³/mol. The molecule has 0 radical (unpaired) electrons. The Hall–Kier alpha value is -1.30. The summed E-state index contributed by atoms with van der Waals surface area (Å²) in [6.45, 7) is 5.80. The SMILES string of the molecule is CCN(C(=O)NCC1(N(C)C)CCC1)C(C)(C)C(=O)O. The van der Waals surface area contributed by atoms with E-state index in [0.717, 1.165) is 12.8 Å². The van der Waals surface area contributed by atoms with Crippen LogP contribution in [0.25, 0.3) is 0 Å². The van der Waals surface area contributed by atoms with Crippen molar-refractivity contribution in [2.45, 2.75) is 51.1 Å². The summed E-state index contributed by atoms with van der Waals surface area (Å²) in [5.41, 5.74) is -1.17. The van der Waals surface area contributed by atoms with Gasteiger partial charge in [0.2, 0.25) is 0 Å². The molecular weight excluding hydrogens is 258 g/mol. The highest BCUT2D eigenvalue weighted by atomic mass is 16.4. The fourth-order valence-corrected chi connectivity index (χ4v) is 2.61. The van der Waals surface area contributed by atoms with E-state index in [9.17, 15) is 14.7 Å². The molecule has 1 saturated carbocycles. The minimum atomic E-state index is -1.20.